The van der Waals surface area contributed by atoms with Crippen LogP contribution in [0.15, 0.2) is 41.1 Å². The normalized spacial score (nSPS) is 16.5. The van der Waals surface area contributed by atoms with Gasteiger partial charge in [-0.15, -0.1) is 0 Å². The molecule has 2 aromatic rings. The van der Waals surface area contributed by atoms with Crippen molar-refractivity contribution in [3.63, 3.8) is 0 Å². The second-order valence-electron chi connectivity index (χ2n) is 6.41. The van der Waals surface area contributed by atoms with E-state index in [1.807, 2.05) is 13.0 Å². The Morgan fingerprint density at radius 1 is 1.32 bits per heavy atom. The third-order valence-corrected chi connectivity index (χ3v) is 4.50. The lowest BCUT2D eigenvalue weighted by Crippen LogP contribution is -2.35. The van der Waals surface area contributed by atoms with Crippen molar-refractivity contribution in [1.29, 1.82) is 0 Å². The Balaban J connectivity index is 1.94. The Labute approximate surface area is 159 Å². The van der Waals surface area contributed by atoms with Crippen LogP contribution in [0.5, 0.6) is 0 Å². The van der Waals surface area contributed by atoms with E-state index in [-0.39, 0.29) is 28.6 Å². The average Bonchev–Trinajstić information content (AvgIpc) is 3.28. The van der Waals surface area contributed by atoms with Crippen LogP contribution in [0.4, 0.5) is 18.9 Å². The Morgan fingerprint density at radius 2 is 2.07 bits per heavy atom. The summed E-state index contributed by atoms with van der Waals surface area (Å²) in [6, 6.07) is 2.66. The van der Waals surface area contributed by atoms with Crippen molar-refractivity contribution in [3.05, 3.63) is 59.0 Å². The van der Waals surface area contributed by atoms with Crippen molar-refractivity contribution < 1.29 is 27.3 Å². The fourth-order valence-electron chi connectivity index (χ4n) is 3.03. The molecule has 1 atom stereocenters. The van der Waals surface area contributed by atoms with Gasteiger partial charge in [0.2, 0.25) is 0 Å². The molecule has 28 heavy (non-hydrogen) atoms. The van der Waals surface area contributed by atoms with Crippen LogP contribution < -0.4 is 5.32 Å². The Bertz CT molecular complexity index is 934. The van der Waals surface area contributed by atoms with E-state index in [1.165, 1.54) is 24.1 Å². The summed E-state index contributed by atoms with van der Waals surface area (Å²) in [5.74, 6) is -0.972. The first-order valence-corrected chi connectivity index (χ1v) is 8.63. The topological polar surface area (TPSA) is 75.4 Å². The molecule has 0 saturated carbocycles. The molecule has 0 spiro atoms. The Hall–Kier alpha value is -3.10. The molecule has 0 radical (unpaired) electrons. The molecule has 148 valence electrons. The predicted molar refractivity (Wildman–Crippen MR) is 94.9 cm³/mol. The monoisotopic (exact) mass is 393 g/mol. The largest absolute Gasteiger partial charge is 0.416 e. The second kappa shape index (κ2) is 7.49. The van der Waals surface area contributed by atoms with E-state index in [1.54, 1.807) is 6.08 Å². The number of hydrogen-bond acceptors (Lipinski definition) is 4. The lowest BCUT2D eigenvalue weighted by Gasteiger charge is -2.24. The zero-order chi connectivity index (χ0) is 20.5. The number of carbonyl (C=O) groups is 2. The molecule has 2 amide bonds. The third-order valence-electron chi connectivity index (χ3n) is 4.50. The number of anilines is 1. The lowest BCUT2D eigenvalue weighted by molar-refractivity contribution is -0.137. The summed E-state index contributed by atoms with van der Waals surface area (Å²) in [7, 11) is 0. The third kappa shape index (κ3) is 3.92. The van der Waals surface area contributed by atoms with Crippen molar-refractivity contribution in [2.24, 2.45) is 0 Å². The summed E-state index contributed by atoms with van der Waals surface area (Å²) in [5.41, 5.74) is -1.20. The van der Waals surface area contributed by atoms with Gasteiger partial charge >= 0.3 is 6.18 Å². The number of nitrogens with one attached hydrogen (secondary N) is 1. The molecular weight excluding hydrogens is 375 g/mol. The smallest absolute Gasteiger partial charge is 0.361 e. The molecule has 3 rings (SSSR count). The summed E-state index contributed by atoms with van der Waals surface area (Å²) >= 11 is 0. The second-order valence-corrected chi connectivity index (χ2v) is 6.41. The van der Waals surface area contributed by atoms with Crippen LogP contribution in [0.3, 0.4) is 0 Å². The Kier molecular flexibility index (Phi) is 5.26. The highest BCUT2D eigenvalue weighted by atomic mass is 19.4. The van der Waals surface area contributed by atoms with E-state index in [9.17, 15) is 22.8 Å². The quantitative estimate of drug-likeness (QED) is 0.796. The maximum atomic E-state index is 13.3. The first kappa shape index (κ1) is 19.7. The molecule has 2 heterocycles. The molecule has 0 bridgehead atoms. The van der Waals surface area contributed by atoms with Gasteiger partial charge in [0.15, 0.2) is 0 Å². The molecular formula is C19H18F3N3O3. The molecule has 1 unspecified atom stereocenters. The van der Waals surface area contributed by atoms with Gasteiger partial charge in [0, 0.05) is 17.8 Å². The minimum absolute atomic E-state index is 0.0973. The standard InChI is InChI=1S/C19H18F3N3O3/c1-3-15-5-4-6-25(15)18(27)12-7-13(19(20,21)22)9-14(8-12)24-17(26)16-10-23-28-11(16)2/h4-5,7-10,15H,3,6H2,1-2H3,(H,24,26). The fraction of sp³-hybridized carbons (Fsp3) is 0.316. The molecule has 6 nitrogen and oxygen atoms in total. The molecule has 1 aliphatic rings. The number of benzene rings is 1. The van der Waals surface area contributed by atoms with Gasteiger partial charge in [-0.1, -0.05) is 24.2 Å². The number of carbonyl (C=O) groups excluding carboxylic acids is 2. The summed E-state index contributed by atoms with van der Waals surface area (Å²) in [4.78, 5) is 26.6. The van der Waals surface area contributed by atoms with Crippen LogP contribution in [-0.2, 0) is 6.18 Å². The fourth-order valence-corrected chi connectivity index (χ4v) is 3.03. The number of halogens is 3. The number of aryl methyl sites for hydroxylation is 1. The van der Waals surface area contributed by atoms with Crippen molar-refractivity contribution >= 4 is 17.5 Å². The zero-order valence-corrected chi connectivity index (χ0v) is 15.2. The van der Waals surface area contributed by atoms with Gasteiger partial charge in [0.25, 0.3) is 11.8 Å². The maximum Gasteiger partial charge on any atom is 0.416 e. The predicted octanol–water partition coefficient (Wildman–Crippen LogP) is 4.04. The molecule has 1 aromatic carbocycles. The molecule has 9 heteroatoms. The highest BCUT2D eigenvalue weighted by molar-refractivity contribution is 6.05. The molecule has 1 N–H and O–H groups in total. The molecule has 0 fully saturated rings. The number of hydrogen-bond donors (Lipinski definition) is 1. The van der Waals surface area contributed by atoms with Crippen molar-refractivity contribution in [1.82, 2.24) is 10.1 Å². The minimum atomic E-state index is -4.67. The van der Waals surface area contributed by atoms with Crippen molar-refractivity contribution in [3.8, 4) is 0 Å². The van der Waals surface area contributed by atoms with Crippen LogP contribution in [0, 0.1) is 6.92 Å². The highest BCUT2D eigenvalue weighted by Crippen LogP contribution is 2.33. The number of amides is 2. The van der Waals surface area contributed by atoms with Gasteiger partial charge in [-0.05, 0) is 31.5 Å². The molecule has 0 aliphatic carbocycles. The summed E-state index contributed by atoms with van der Waals surface area (Å²) in [6.45, 7) is 3.73. The first-order valence-electron chi connectivity index (χ1n) is 8.63. The summed E-state index contributed by atoms with van der Waals surface area (Å²) in [6.07, 6.45) is 0.805. The summed E-state index contributed by atoms with van der Waals surface area (Å²) < 4.78 is 44.8. The minimum Gasteiger partial charge on any atom is -0.361 e. The van der Waals surface area contributed by atoms with Gasteiger partial charge in [-0.2, -0.15) is 13.2 Å². The van der Waals surface area contributed by atoms with E-state index in [2.05, 4.69) is 10.5 Å². The van der Waals surface area contributed by atoms with Crippen LogP contribution >= 0.6 is 0 Å². The zero-order valence-electron chi connectivity index (χ0n) is 15.2. The average molecular weight is 393 g/mol. The summed E-state index contributed by atoms with van der Waals surface area (Å²) in [5, 5.41) is 5.86. The number of nitrogens with zero attached hydrogens (tertiary/aromatic N) is 2. The molecule has 1 aromatic heterocycles. The molecule has 0 saturated heterocycles. The maximum absolute atomic E-state index is 13.3. The number of alkyl halides is 3. The Morgan fingerprint density at radius 3 is 2.68 bits per heavy atom. The molecule has 1 aliphatic heterocycles. The van der Waals surface area contributed by atoms with E-state index in [4.69, 9.17) is 4.52 Å². The van der Waals surface area contributed by atoms with E-state index in [0.29, 0.717) is 13.0 Å². The van der Waals surface area contributed by atoms with Gasteiger partial charge in [-0.25, -0.2) is 0 Å². The van der Waals surface area contributed by atoms with Crippen LogP contribution in [-0.4, -0.2) is 34.5 Å². The van der Waals surface area contributed by atoms with Crippen LogP contribution in [0.2, 0.25) is 0 Å². The van der Waals surface area contributed by atoms with E-state index >= 15 is 0 Å². The first-order chi connectivity index (χ1) is 13.2. The van der Waals surface area contributed by atoms with Gasteiger partial charge in [0.1, 0.15) is 11.3 Å². The van der Waals surface area contributed by atoms with Crippen molar-refractivity contribution in [2.75, 3.05) is 11.9 Å². The van der Waals surface area contributed by atoms with Crippen molar-refractivity contribution in [2.45, 2.75) is 32.5 Å². The van der Waals surface area contributed by atoms with E-state index < -0.39 is 23.6 Å². The highest BCUT2D eigenvalue weighted by Gasteiger charge is 2.33. The van der Waals surface area contributed by atoms with Gasteiger partial charge in [0.05, 0.1) is 17.8 Å². The van der Waals surface area contributed by atoms with Gasteiger partial charge < -0.3 is 14.7 Å². The van der Waals surface area contributed by atoms with Crippen LogP contribution in [0.25, 0.3) is 0 Å². The van der Waals surface area contributed by atoms with Gasteiger partial charge in [-0.3, -0.25) is 9.59 Å². The number of rotatable bonds is 4. The lowest BCUT2D eigenvalue weighted by atomic mass is 10.1. The SMILES string of the molecule is CCC1C=CCN1C(=O)c1cc(NC(=O)c2cnoc2C)cc(C(F)(F)F)c1. The van der Waals surface area contributed by atoms with E-state index in [0.717, 1.165) is 12.1 Å². The number of aromatic nitrogens is 1. The van der Waals surface area contributed by atoms with Crippen LogP contribution in [0.1, 0.15) is 45.4 Å².